The molecular weight excluding hydrogens is 249 g/mol. The Morgan fingerprint density at radius 3 is 2.69 bits per heavy atom. The lowest BCUT2D eigenvalue weighted by molar-refractivity contribution is -0.120. The Balaban J connectivity index is 2.49. The molecule has 88 valence electrons. The maximum Gasteiger partial charge on any atom is 0.224 e. The SMILES string of the molecule is Cc1n[nH]c(C)c1CC(=O)NCC=C(Cl)Cl. The highest BCUT2D eigenvalue weighted by Gasteiger charge is 2.10. The zero-order valence-corrected chi connectivity index (χ0v) is 10.6. The normalized spacial score (nSPS) is 10.0. The van der Waals surface area contributed by atoms with Gasteiger partial charge in [-0.25, -0.2) is 0 Å². The van der Waals surface area contributed by atoms with E-state index in [0.717, 1.165) is 17.0 Å². The summed E-state index contributed by atoms with van der Waals surface area (Å²) < 4.78 is 0.149. The highest BCUT2D eigenvalue weighted by Crippen LogP contribution is 2.09. The summed E-state index contributed by atoms with van der Waals surface area (Å²) in [6.07, 6.45) is 1.83. The van der Waals surface area contributed by atoms with Crippen LogP contribution in [0.25, 0.3) is 0 Å². The molecule has 0 aliphatic carbocycles. The van der Waals surface area contributed by atoms with Crippen molar-refractivity contribution in [2.75, 3.05) is 6.54 Å². The van der Waals surface area contributed by atoms with Crippen molar-refractivity contribution in [2.24, 2.45) is 0 Å². The van der Waals surface area contributed by atoms with Crippen LogP contribution >= 0.6 is 23.2 Å². The van der Waals surface area contributed by atoms with Gasteiger partial charge in [0, 0.05) is 17.8 Å². The highest BCUT2D eigenvalue weighted by atomic mass is 35.5. The van der Waals surface area contributed by atoms with E-state index in [1.807, 2.05) is 13.8 Å². The first-order valence-electron chi connectivity index (χ1n) is 4.79. The van der Waals surface area contributed by atoms with Gasteiger partial charge in [-0.1, -0.05) is 23.2 Å². The van der Waals surface area contributed by atoms with Crippen LogP contribution in [0.2, 0.25) is 0 Å². The van der Waals surface area contributed by atoms with E-state index >= 15 is 0 Å². The van der Waals surface area contributed by atoms with Crippen LogP contribution in [-0.2, 0) is 11.2 Å². The third kappa shape index (κ3) is 3.87. The zero-order valence-electron chi connectivity index (χ0n) is 9.10. The van der Waals surface area contributed by atoms with E-state index in [9.17, 15) is 4.79 Å². The monoisotopic (exact) mass is 261 g/mol. The molecule has 0 atom stereocenters. The predicted octanol–water partition coefficient (Wildman–Crippen LogP) is 2.00. The molecule has 16 heavy (non-hydrogen) atoms. The highest BCUT2D eigenvalue weighted by molar-refractivity contribution is 6.55. The number of hydrogen-bond donors (Lipinski definition) is 2. The lowest BCUT2D eigenvalue weighted by Crippen LogP contribution is -2.25. The van der Waals surface area contributed by atoms with E-state index in [4.69, 9.17) is 23.2 Å². The molecule has 1 aromatic rings. The van der Waals surface area contributed by atoms with Crippen LogP contribution in [0.5, 0.6) is 0 Å². The van der Waals surface area contributed by atoms with Gasteiger partial charge < -0.3 is 5.32 Å². The lowest BCUT2D eigenvalue weighted by Gasteiger charge is -2.02. The Bertz CT molecular complexity index is 389. The summed E-state index contributed by atoms with van der Waals surface area (Å²) in [6.45, 7) is 4.08. The molecule has 6 heteroatoms. The fourth-order valence-corrected chi connectivity index (χ4v) is 1.45. The predicted molar refractivity (Wildman–Crippen MR) is 64.6 cm³/mol. The first-order valence-corrected chi connectivity index (χ1v) is 5.54. The number of carbonyl (C=O) groups excluding carboxylic acids is 1. The molecule has 1 amide bonds. The molecule has 0 saturated heterocycles. The summed E-state index contributed by atoms with van der Waals surface area (Å²) in [5.74, 6) is -0.0848. The van der Waals surface area contributed by atoms with Crippen LogP contribution < -0.4 is 5.32 Å². The minimum absolute atomic E-state index is 0.0848. The van der Waals surface area contributed by atoms with Crippen molar-refractivity contribution in [1.82, 2.24) is 15.5 Å². The fourth-order valence-electron chi connectivity index (χ4n) is 1.30. The lowest BCUT2D eigenvalue weighted by atomic mass is 10.1. The van der Waals surface area contributed by atoms with Gasteiger partial charge in [0.05, 0.1) is 12.1 Å². The van der Waals surface area contributed by atoms with Crippen molar-refractivity contribution < 1.29 is 4.79 Å². The molecule has 1 rings (SSSR count). The Morgan fingerprint density at radius 2 is 2.19 bits per heavy atom. The second-order valence-electron chi connectivity index (χ2n) is 3.39. The van der Waals surface area contributed by atoms with Gasteiger partial charge in [-0.3, -0.25) is 9.89 Å². The number of nitrogens with zero attached hydrogens (tertiary/aromatic N) is 1. The number of carbonyl (C=O) groups is 1. The number of aromatic amines is 1. The summed E-state index contributed by atoms with van der Waals surface area (Å²) in [5.41, 5.74) is 2.69. The van der Waals surface area contributed by atoms with Crippen molar-refractivity contribution in [2.45, 2.75) is 20.3 Å². The van der Waals surface area contributed by atoms with Crippen LogP contribution in [-0.4, -0.2) is 22.6 Å². The molecule has 0 saturated carbocycles. The molecule has 2 N–H and O–H groups in total. The van der Waals surface area contributed by atoms with Crippen molar-refractivity contribution in [3.8, 4) is 0 Å². The largest absolute Gasteiger partial charge is 0.352 e. The molecule has 0 spiro atoms. The van der Waals surface area contributed by atoms with E-state index in [-0.39, 0.29) is 10.4 Å². The summed E-state index contributed by atoms with van der Waals surface area (Å²) in [4.78, 5) is 11.5. The van der Waals surface area contributed by atoms with Gasteiger partial charge in [-0.05, 0) is 19.9 Å². The molecule has 1 heterocycles. The quantitative estimate of drug-likeness (QED) is 0.871. The van der Waals surface area contributed by atoms with Gasteiger partial charge in [0.25, 0.3) is 0 Å². The van der Waals surface area contributed by atoms with Crippen LogP contribution in [0.4, 0.5) is 0 Å². The Kier molecular flexibility index (Phi) is 4.83. The maximum absolute atomic E-state index is 11.5. The summed E-state index contributed by atoms with van der Waals surface area (Å²) in [5, 5.41) is 9.53. The average Bonchev–Trinajstić information content (AvgIpc) is 2.49. The van der Waals surface area contributed by atoms with Crippen molar-refractivity contribution in [3.63, 3.8) is 0 Å². The van der Waals surface area contributed by atoms with Crippen molar-refractivity contribution >= 4 is 29.1 Å². The van der Waals surface area contributed by atoms with Crippen LogP contribution in [0.1, 0.15) is 17.0 Å². The van der Waals surface area contributed by atoms with Crippen LogP contribution in [0, 0.1) is 13.8 Å². The fraction of sp³-hybridized carbons (Fsp3) is 0.400. The Hall–Kier alpha value is -1.00. The number of H-pyrrole nitrogens is 1. The van der Waals surface area contributed by atoms with Gasteiger partial charge in [0.2, 0.25) is 5.91 Å². The van der Waals surface area contributed by atoms with E-state index in [0.29, 0.717) is 13.0 Å². The van der Waals surface area contributed by atoms with Gasteiger partial charge in [0.1, 0.15) is 4.49 Å². The summed E-state index contributed by atoms with van der Waals surface area (Å²) in [6, 6.07) is 0. The molecule has 4 nitrogen and oxygen atoms in total. The molecule has 0 aliphatic heterocycles. The smallest absolute Gasteiger partial charge is 0.224 e. The minimum Gasteiger partial charge on any atom is -0.352 e. The third-order valence-corrected chi connectivity index (χ3v) is 2.48. The molecule has 0 radical (unpaired) electrons. The van der Waals surface area contributed by atoms with Crippen molar-refractivity contribution in [1.29, 1.82) is 0 Å². The third-order valence-electron chi connectivity index (χ3n) is 2.17. The zero-order chi connectivity index (χ0) is 12.1. The second kappa shape index (κ2) is 5.92. The number of aryl methyl sites for hydroxylation is 2. The Labute approximate surface area is 104 Å². The standard InChI is InChI=1S/C10H13Cl2N3O/c1-6-8(7(2)15-14-6)5-10(16)13-4-3-9(11)12/h3H,4-5H2,1-2H3,(H,13,16)(H,14,15). The van der Waals surface area contributed by atoms with E-state index in [1.165, 1.54) is 6.08 Å². The maximum atomic E-state index is 11.5. The number of nitrogens with one attached hydrogen (secondary N) is 2. The Morgan fingerprint density at radius 1 is 1.50 bits per heavy atom. The first-order chi connectivity index (χ1) is 7.50. The molecular formula is C10H13Cl2N3O. The number of hydrogen-bond acceptors (Lipinski definition) is 2. The second-order valence-corrected chi connectivity index (χ2v) is 4.40. The van der Waals surface area contributed by atoms with Crippen molar-refractivity contribution in [3.05, 3.63) is 27.5 Å². The van der Waals surface area contributed by atoms with E-state index < -0.39 is 0 Å². The van der Waals surface area contributed by atoms with E-state index in [1.54, 1.807) is 0 Å². The molecule has 0 aliphatic rings. The topological polar surface area (TPSA) is 57.8 Å². The number of rotatable bonds is 4. The van der Waals surface area contributed by atoms with Gasteiger partial charge in [-0.2, -0.15) is 5.10 Å². The van der Waals surface area contributed by atoms with Crippen LogP contribution in [0.3, 0.4) is 0 Å². The summed E-state index contributed by atoms with van der Waals surface area (Å²) in [7, 11) is 0. The number of halogens is 2. The average molecular weight is 262 g/mol. The first kappa shape index (κ1) is 13.1. The molecule has 1 aromatic heterocycles. The molecule has 0 unspecified atom stereocenters. The van der Waals surface area contributed by atoms with Gasteiger partial charge >= 0.3 is 0 Å². The summed E-state index contributed by atoms with van der Waals surface area (Å²) >= 11 is 10.8. The molecule has 0 bridgehead atoms. The van der Waals surface area contributed by atoms with Gasteiger partial charge in [-0.15, -0.1) is 0 Å². The molecule has 0 fully saturated rings. The molecule has 0 aromatic carbocycles. The van der Waals surface area contributed by atoms with E-state index in [2.05, 4.69) is 15.5 Å². The van der Waals surface area contributed by atoms with Crippen LogP contribution in [0.15, 0.2) is 10.6 Å². The van der Waals surface area contributed by atoms with Gasteiger partial charge in [0.15, 0.2) is 0 Å². The number of amides is 1. The minimum atomic E-state index is -0.0848. The number of aromatic nitrogens is 2.